The number of esters is 3. The van der Waals surface area contributed by atoms with Crippen LogP contribution in [0.5, 0.6) is 0 Å². The van der Waals surface area contributed by atoms with Crippen LogP contribution in [0.2, 0.25) is 0 Å². The van der Waals surface area contributed by atoms with Gasteiger partial charge in [-0.3, -0.25) is 19.3 Å². The third-order valence-corrected chi connectivity index (χ3v) is 12.0. The zero-order valence-electron chi connectivity index (χ0n) is 28.4. The van der Waals surface area contributed by atoms with Crippen LogP contribution >= 0.6 is 0 Å². The highest BCUT2D eigenvalue weighted by molar-refractivity contribution is 5.94. The van der Waals surface area contributed by atoms with E-state index in [1.165, 1.54) is 6.92 Å². The Hall–Kier alpha value is -3.46. The highest BCUT2D eigenvalue weighted by atomic mass is 16.8. The molecule has 0 amide bonds. The van der Waals surface area contributed by atoms with Crippen LogP contribution in [0, 0.1) is 28.1 Å². The van der Waals surface area contributed by atoms with Gasteiger partial charge in [0.1, 0.15) is 12.2 Å². The first kappa shape index (κ1) is 37.3. The topological polar surface area (TPSA) is 282 Å². The van der Waals surface area contributed by atoms with Gasteiger partial charge >= 0.3 is 35.8 Å². The molecule has 6 N–H and O–H groups in total. The molecule has 0 radical (unpaired) electrons. The fraction of sp³-hybridized carbons (Fsp3) is 0.812. The number of fused-ring (bicyclic) bond motifs is 1. The second-order valence-corrected chi connectivity index (χ2v) is 15.5. The summed E-state index contributed by atoms with van der Waals surface area (Å²) in [6.07, 6.45) is -8.35. The Kier molecular flexibility index (Phi) is 8.81. The number of aliphatic hydroxyl groups excluding tert-OH is 1. The largest absolute Gasteiger partial charge is 0.481 e. The van der Waals surface area contributed by atoms with E-state index in [1.807, 2.05) is 20.8 Å². The van der Waals surface area contributed by atoms with Crippen molar-refractivity contribution in [1.29, 1.82) is 0 Å². The minimum Gasteiger partial charge on any atom is -0.481 e. The quantitative estimate of drug-likeness (QED) is 0.108. The first-order chi connectivity index (χ1) is 23.7. The van der Waals surface area contributed by atoms with E-state index in [2.05, 4.69) is 4.90 Å². The number of rotatable bonds is 9. The Labute approximate surface area is 290 Å². The molecule has 284 valence electrons. The maximum atomic E-state index is 13.8. The lowest BCUT2D eigenvalue weighted by Crippen LogP contribution is -2.67. The predicted octanol–water partition coefficient (Wildman–Crippen LogP) is -2.26. The molecule has 0 aromatic heterocycles. The molecular formula is C32H43NO18. The maximum absolute atomic E-state index is 13.8. The normalized spacial score (nSPS) is 42.2. The molecule has 19 heteroatoms. The number of morpholine rings is 1. The van der Waals surface area contributed by atoms with Crippen LogP contribution in [0.3, 0.4) is 0 Å². The summed E-state index contributed by atoms with van der Waals surface area (Å²) in [5, 5.41) is 58.1. The summed E-state index contributed by atoms with van der Waals surface area (Å²) in [6.45, 7) is 11.0. The fourth-order valence-corrected chi connectivity index (χ4v) is 10.1. The van der Waals surface area contributed by atoms with Crippen LogP contribution in [-0.2, 0) is 57.2 Å². The summed E-state index contributed by atoms with van der Waals surface area (Å²) in [5.41, 5.74) is -10.6. The molecular weight excluding hydrogens is 686 g/mol. The molecule has 7 fully saturated rings. The standard InChI is InChI=1S/C26H35NO11.C6H8O7/c1-12-18(29)36-16-15(28)24-14-11-13(22(2,3)4)23(24)17(34-10-7-27-5-8-33-9-6-27)19(30)37-21(23)38-26(24,20(31)35-14)25(12,16)32;7-3(8)1-6(13,5(11)12)2-4(9)10/h12-17,21,28,32H,5-11H2,1-4H3;13H,1-2H2,(H,7,8)(H,9,10)(H,11,12)/t12?,13-,14?,15-,16?,17-,21-,23?,24?,25+,26+;/m0./s1. The van der Waals surface area contributed by atoms with Crippen LogP contribution in [0.25, 0.3) is 0 Å². The van der Waals surface area contributed by atoms with Crippen molar-refractivity contribution in [3.8, 4) is 0 Å². The number of carboxylic acid groups (broad SMARTS) is 3. The molecule has 0 aromatic carbocycles. The Balaban J connectivity index is 0.000000296. The zero-order chi connectivity index (χ0) is 37.7. The molecule has 2 aliphatic carbocycles. The fourth-order valence-electron chi connectivity index (χ4n) is 10.1. The summed E-state index contributed by atoms with van der Waals surface area (Å²) < 4.78 is 35.5. The molecule has 5 saturated heterocycles. The second-order valence-electron chi connectivity index (χ2n) is 15.5. The molecule has 2 saturated carbocycles. The number of aliphatic hydroxyl groups is 3. The SMILES string of the molecule is CC1C(=O)OC2[C@H](O)C34C5C[C@@H](C(C)(C)C)C36[C@@H](OC(=O)[C@@H]6OCCN3CCOCC3)O[C@@]4(C(=O)O5)[C@@]12O.O=C(O)CC(O)(CC(=O)O)C(=O)O. The number of carbonyl (C=O) groups is 6. The summed E-state index contributed by atoms with van der Waals surface area (Å²) in [6, 6.07) is 0. The Morgan fingerprint density at radius 1 is 0.961 bits per heavy atom. The van der Waals surface area contributed by atoms with Crippen molar-refractivity contribution >= 4 is 35.8 Å². The van der Waals surface area contributed by atoms with Crippen molar-refractivity contribution in [3.63, 3.8) is 0 Å². The van der Waals surface area contributed by atoms with E-state index in [4.69, 9.17) is 48.8 Å². The second kappa shape index (κ2) is 12.0. The van der Waals surface area contributed by atoms with Crippen molar-refractivity contribution in [2.45, 2.75) is 94.5 Å². The van der Waals surface area contributed by atoms with Crippen LogP contribution in [0.1, 0.15) is 47.0 Å². The summed E-state index contributed by atoms with van der Waals surface area (Å²) in [4.78, 5) is 72.6. The summed E-state index contributed by atoms with van der Waals surface area (Å²) >= 11 is 0. The predicted molar refractivity (Wildman–Crippen MR) is 160 cm³/mol. The lowest BCUT2D eigenvalue weighted by atomic mass is 9.51. The van der Waals surface area contributed by atoms with E-state index in [-0.39, 0.29) is 12.5 Å². The smallest absolute Gasteiger partial charge is 0.343 e. The van der Waals surface area contributed by atoms with Crippen molar-refractivity contribution in [3.05, 3.63) is 0 Å². The van der Waals surface area contributed by atoms with Crippen LogP contribution in [0.4, 0.5) is 0 Å². The monoisotopic (exact) mass is 729 g/mol. The number of carbonyl (C=O) groups excluding carboxylic acids is 3. The molecule has 7 aliphatic rings. The average Bonchev–Trinajstić information content (AvgIpc) is 3.74. The van der Waals surface area contributed by atoms with Gasteiger partial charge in [0.2, 0.25) is 11.9 Å². The number of ether oxygens (including phenoxy) is 6. The first-order valence-corrected chi connectivity index (χ1v) is 16.7. The molecule has 2 spiro atoms. The molecule has 0 bridgehead atoms. The molecule has 19 nitrogen and oxygen atoms in total. The Morgan fingerprint density at radius 3 is 2.12 bits per heavy atom. The number of carboxylic acids is 3. The van der Waals surface area contributed by atoms with E-state index in [1.54, 1.807) is 0 Å². The first-order valence-electron chi connectivity index (χ1n) is 16.7. The van der Waals surface area contributed by atoms with Gasteiger partial charge < -0.3 is 59.1 Å². The third kappa shape index (κ3) is 4.67. The molecule has 0 aromatic rings. The third-order valence-electron chi connectivity index (χ3n) is 12.0. The van der Waals surface area contributed by atoms with Crippen molar-refractivity contribution in [1.82, 2.24) is 4.90 Å². The van der Waals surface area contributed by atoms with Crippen LogP contribution in [0.15, 0.2) is 0 Å². The lowest BCUT2D eigenvalue weighted by molar-refractivity contribution is -0.240. The lowest BCUT2D eigenvalue weighted by Gasteiger charge is -2.48. The van der Waals surface area contributed by atoms with Gasteiger partial charge in [0.05, 0.1) is 49.4 Å². The summed E-state index contributed by atoms with van der Waals surface area (Å²) in [5.74, 6) is -8.84. The average molecular weight is 730 g/mol. The molecule has 11 atom stereocenters. The molecule has 7 rings (SSSR count). The van der Waals surface area contributed by atoms with Crippen molar-refractivity contribution in [2.24, 2.45) is 28.1 Å². The number of nitrogens with zero attached hydrogens (tertiary/aromatic N) is 1. The van der Waals surface area contributed by atoms with Gasteiger partial charge in [-0.1, -0.05) is 20.8 Å². The molecule has 5 aliphatic heterocycles. The molecule has 51 heavy (non-hydrogen) atoms. The highest BCUT2D eigenvalue weighted by Crippen LogP contribution is 2.84. The minimum atomic E-state index is -2.74. The highest BCUT2D eigenvalue weighted by Gasteiger charge is 3.04. The zero-order valence-corrected chi connectivity index (χ0v) is 28.4. The molecule has 5 unspecified atom stereocenters. The van der Waals surface area contributed by atoms with Gasteiger partial charge in [0.25, 0.3) is 0 Å². The van der Waals surface area contributed by atoms with Gasteiger partial charge in [-0.2, -0.15) is 0 Å². The van der Waals surface area contributed by atoms with Crippen molar-refractivity contribution in [2.75, 3.05) is 39.5 Å². The van der Waals surface area contributed by atoms with Crippen molar-refractivity contribution < 1.29 is 87.8 Å². The van der Waals surface area contributed by atoms with Gasteiger partial charge in [-0.05, 0) is 24.7 Å². The van der Waals surface area contributed by atoms with E-state index in [0.29, 0.717) is 26.2 Å². The van der Waals surface area contributed by atoms with E-state index in [0.717, 1.165) is 13.1 Å². The van der Waals surface area contributed by atoms with Gasteiger partial charge in [-0.25, -0.2) is 14.4 Å². The van der Waals surface area contributed by atoms with Gasteiger partial charge in [0, 0.05) is 19.6 Å². The van der Waals surface area contributed by atoms with Crippen LogP contribution < -0.4 is 0 Å². The van der Waals surface area contributed by atoms with Crippen LogP contribution in [-0.4, -0.2) is 158 Å². The van der Waals surface area contributed by atoms with Gasteiger partial charge in [0.15, 0.2) is 23.4 Å². The van der Waals surface area contributed by atoms with E-state index < -0.39 is 118 Å². The minimum absolute atomic E-state index is 0.197. The number of aliphatic carboxylic acids is 3. The summed E-state index contributed by atoms with van der Waals surface area (Å²) in [7, 11) is 0. The maximum Gasteiger partial charge on any atom is 0.343 e. The number of hydrogen-bond acceptors (Lipinski definition) is 16. The Bertz CT molecular complexity index is 1510. The van der Waals surface area contributed by atoms with E-state index in [9.17, 15) is 39.0 Å². The Morgan fingerprint density at radius 2 is 1.57 bits per heavy atom. The molecule has 5 heterocycles. The van der Waals surface area contributed by atoms with E-state index >= 15 is 0 Å². The number of hydrogen-bond donors (Lipinski definition) is 6. The van der Waals surface area contributed by atoms with Gasteiger partial charge in [-0.15, -0.1) is 0 Å².